The van der Waals surface area contributed by atoms with Gasteiger partial charge in [-0.1, -0.05) is 6.07 Å². The summed E-state index contributed by atoms with van der Waals surface area (Å²) >= 11 is 0. The number of hydrogen-bond acceptors (Lipinski definition) is 8. The molecule has 1 aliphatic rings. The van der Waals surface area contributed by atoms with E-state index in [1.54, 1.807) is 43.8 Å². The standard InChI is InChI=1S/C25H26N6O3/c1-30-10-12-31(13-11-30)16-19-6-5-17(14-21(19)33-2)24(32)28-22-15-18(7-9-26-22)25-29-23-20(34-25)4-3-8-27-23/h3-9,14-15H,10-13,16H2,1-2H3,(H,26,28,32). The van der Waals surface area contributed by atoms with Gasteiger partial charge in [0.15, 0.2) is 11.2 Å². The molecule has 34 heavy (non-hydrogen) atoms. The second kappa shape index (κ2) is 9.58. The summed E-state index contributed by atoms with van der Waals surface area (Å²) in [5, 5.41) is 2.85. The van der Waals surface area contributed by atoms with Crippen LogP contribution in [0.4, 0.5) is 5.82 Å². The topological polar surface area (TPSA) is 96.6 Å². The number of oxazole rings is 1. The Balaban J connectivity index is 1.30. The molecule has 0 saturated carbocycles. The van der Waals surface area contributed by atoms with Gasteiger partial charge in [0.05, 0.1) is 7.11 Å². The summed E-state index contributed by atoms with van der Waals surface area (Å²) in [5.41, 5.74) is 3.39. The Bertz CT molecular complexity index is 1280. The lowest BCUT2D eigenvalue weighted by molar-refractivity contribution is 0.102. The lowest BCUT2D eigenvalue weighted by atomic mass is 10.1. The maximum Gasteiger partial charge on any atom is 0.256 e. The minimum absolute atomic E-state index is 0.270. The predicted octanol–water partition coefficient (Wildman–Crippen LogP) is 3.29. The molecule has 4 heterocycles. The summed E-state index contributed by atoms with van der Waals surface area (Å²) in [7, 11) is 3.77. The minimum atomic E-state index is -0.270. The van der Waals surface area contributed by atoms with Crippen molar-refractivity contribution in [2.75, 3.05) is 45.7 Å². The number of aromatic nitrogens is 3. The highest BCUT2D eigenvalue weighted by Gasteiger charge is 2.18. The van der Waals surface area contributed by atoms with Crippen LogP contribution in [0.3, 0.4) is 0 Å². The third-order valence-electron chi connectivity index (χ3n) is 5.95. The van der Waals surface area contributed by atoms with Gasteiger partial charge >= 0.3 is 0 Å². The molecule has 4 aromatic rings. The Hall–Kier alpha value is -3.82. The van der Waals surface area contributed by atoms with E-state index < -0.39 is 0 Å². The molecule has 1 fully saturated rings. The first-order valence-electron chi connectivity index (χ1n) is 11.2. The molecule has 174 valence electrons. The molecule has 0 atom stereocenters. The summed E-state index contributed by atoms with van der Waals surface area (Å²) in [6, 6.07) is 12.7. The summed E-state index contributed by atoms with van der Waals surface area (Å²) in [6.07, 6.45) is 3.27. The minimum Gasteiger partial charge on any atom is -0.496 e. The number of hydrogen-bond donors (Lipinski definition) is 1. The molecule has 0 aliphatic carbocycles. The monoisotopic (exact) mass is 458 g/mol. The molecule has 9 nitrogen and oxygen atoms in total. The third kappa shape index (κ3) is 4.75. The number of ether oxygens (including phenoxy) is 1. The van der Waals surface area contributed by atoms with Gasteiger partial charge in [-0.3, -0.25) is 9.69 Å². The number of benzene rings is 1. The Kier molecular flexibility index (Phi) is 6.20. The number of methoxy groups -OCH3 is 1. The molecule has 1 aromatic carbocycles. The van der Waals surface area contributed by atoms with E-state index in [0.717, 1.165) is 38.3 Å². The number of piperazine rings is 1. The number of anilines is 1. The smallest absolute Gasteiger partial charge is 0.256 e. The number of carbonyl (C=O) groups is 1. The van der Waals surface area contributed by atoms with Crippen LogP contribution in [0.25, 0.3) is 22.7 Å². The highest BCUT2D eigenvalue weighted by Crippen LogP contribution is 2.26. The number of rotatable bonds is 6. The van der Waals surface area contributed by atoms with E-state index in [-0.39, 0.29) is 5.91 Å². The van der Waals surface area contributed by atoms with E-state index in [2.05, 4.69) is 37.1 Å². The van der Waals surface area contributed by atoms with Gasteiger partial charge in [-0.05, 0) is 43.4 Å². The second-order valence-corrected chi connectivity index (χ2v) is 8.33. The molecular weight excluding hydrogens is 432 g/mol. The summed E-state index contributed by atoms with van der Waals surface area (Å²) in [6.45, 7) is 4.92. The number of pyridine rings is 2. The van der Waals surface area contributed by atoms with Crippen LogP contribution in [0, 0.1) is 0 Å². The predicted molar refractivity (Wildman–Crippen MR) is 129 cm³/mol. The first-order chi connectivity index (χ1) is 16.6. The third-order valence-corrected chi connectivity index (χ3v) is 5.95. The van der Waals surface area contributed by atoms with Crippen LogP contribution in [-0.2, 0) is 6.54 Å². The van der Waals surface area contributed by atoms with Crippen molar-refractivity contribution in [2.24, 2.45) is 0 Å². The van der Waals surface area contributed by atoms with E-state index in [9.17, 15) is 4.79 Å². The summed E-state index contributed by atoms with van der Waals surface area (Å²) in [5.74, 6) is 1.25. The van der Waals surface area contributed by atoms with Crippen LogP contribution in [0.15, 0.2) is 59.3 Å². The number of carbonyl (C=O) groups excluding carboxylic acids is 1. The number of nitrogens with one attached hydrogen (secondary N) is 1. The van der Waals surface area contributed by atoms with Gasteiger partial charge in [0.25, 0.3) is 5.91 Å². The van der Waals surface area contributed by atoms with E-state index in [1.165, 1.54) is 0 Å². The van der Waals surface area contributed by atoms with Crippen LogP contribution in [0.1, 0.15) is 15.9 Å². The molecule has 5 rings (SSSR count). The molecule has 0 radical (unpaired) electrons. The van der Waals surface area contributed by atoms with Crippen molar-refractivity contribution in [1.82, 2.24) is 24.8 Å². The Morgan fingerprint density at radius 3 is 2.74 bits per heavy atom. The zero-order valence-electron chi connectivity index (χ0n) is 19.2. The lowest BCUT2D eigenvalue weighted by Gasteiger charge is -2.32. The molecular formula is C25H26N6O3. The Labute approximate surface area is 197 Å². The highest BCUT2D eigenvalue weighted by atomic mass is 16.5. The number of likely N-dealkylation sites (N-methyl/N-ethyl adjacent to an activating group) is 1. The number of amides is 1. The SMILES string of the molecule is COc1cc(C(=O)Nc2cc(-c3nc4ncccc4o3)ccn2)ccc1CN1CCN(C)CC1. The lowest BCUT2D eigenvalue weighted by Crippen LogP contribution is -2.43. The number of nitrogens with zero attached hydrogens (tertiary/aromatic N) is 5. The van der Waals surface area contributed by atoms with Crippen molar-refractivity contribution in [3.63, 3.8) is 0 Å². The van der Waals surface area contributed by atoms with Crippen molar-refractivity contribution in [3.05, 3.63) is 66.0 Å². The first kappa shape index (κ1) is 22.0. The molecule has 9 heteroatoms. The average molecular weight is 459 g/mol. The number of fused-ring (bicyclic) bond motifs is 1. The van der Waals surface area contributed by atoms with Gasteiger partial charge < -0.3 is 19.4 Å². The van der Waals surface area contributed by atoms with Crippen LogP contribution < -0.4 is 10.1 Å². The fraction of sp³-hybridized carbons (Fsp3) is 0.280. The van der Waals surface area contributed by atoms with E-state index in [1.807, 2.05) is 18.2 Å². The first-order valence-corrected chi connectivity index (χ1v) is 11.2. The molecule has 1 amide bonds. The van der Waals surface area contributed by atoms with Gasteiger partial charge in [-0.25, -0.2) is 9.97 Å². The fourth-order valence-electron chi connectivity index (χ4n) is 3.98. The zero-order valence-corrected chi connectivity index (χ0v) is 19.2. The Morgan fingerprint density at radius 2 is 1.94 bits per heavy atom. The largest absolute Gasteiger partial charge is 0.496 e. The second-order valence-electron chi connectivity index (χ2n) is 8.33. The van der Waals surface area contributed by atoms with Crippen molar-refractivity contribution >= 4 is 23.0 Å². The quantitative estimate of drug-likeness (QED) is 0.470. The van der Waals surface area contributed by atoms with Gasteiger partial charge in [0.2, 0.25) is 5.89 Å². The van der Waals surface area contributed by atoms with Crippen LogP contribution >= 0.6 is 0 Å². The van der Waals surface area contributed by atoms with Crippen LogP contribution in [-0.4, -0.2) is 71.0 Å². The van der Waals surface area contributed by atoms with Gasteiger partial charge in [0.1, 0.15) is 11.6 Å². The molecule has 0 spiro atoms. The maximum absolute atomic E-state index is 12.9. The fourth-order valence-corrected chi connectivity index (χ4v) is 3.98. The Morgan fingerprint density at radius 1 is 1.09 bits per heavy atom. The van der Waals surface area contributed by atoms with Crippen LogP contribution in [0.2, 0.25) is 0 Å². The van der Waals surface area contributed by atoms with Crippen LogP contribution in [0.5, 0.6) is 5.75 Å². The maximum atomic E-state index is 12.9. The molecule has 3 aromatic heterocycles. The molecule has 1 aliphatic heterocycles. The molecule has 1 saturated heterocycles. The summed E-state index contributed by atoms with van der Waals surface area (Å²) in [4.78, 5) is 30.5. The van der Waals surface area contributed by atoms with Gasteiger partial charge in [0, 0.05) is 61.8 Å². The van der Waals surface area contributed by atoms with Gasteiger partial charge in [-0.2, -0.15) is 4.98 Å². The zero-order chi connectivity index (χ0) is 23.5. The van der Waals surface area contributed by atoms with Crippen molar-refractivity contribution in [3.8, 4) is 17.2 Å². The molecule has 0 bridgehead atoms. The van der Waals surface area contributed by atoms with Crippen molar-refractivity contribution in [1.29, 1.82) is 0 Å². The van der Waals surface area contributed by atoms with E-state index in [4.69, 9.17) is 9.15 Å². The van der Waals surface area contributed by atoms with Crippen molar-refractivity contribution in [2.45, 2.75) is 6.54 Å². The molecule has 0 unspecified atom stereocenters. The summed E-state index contributed by atoms with van der Waals surface area (Å²) < 4.78 is 11.4. The average Bonchev–Trinajstić information content (AvgIpc) is 3.30. The highest BCUT2D eigenvalue weighted by molar-refractivity contribution is 6.04. The van der Waals surface area contributed by atoms with Gasteiger partial charge in [-0.15, -0.1) is 0 Å². The molecule has 1 N–H and O–H groups in total. The van der Waals surface area contributed by atoms with E-state index >= 15 is 0 Å². The van der Waals surface area contributed by atoms with Crippen molar-refractivity contribution < 1.29 is 13.9 Å². The normalized spacial score (nSPS) is 14.9. The van der Waals surface area contributed by atoms with E-state index in [0.29, 0.717) is 39.8 Å².